The second-order valence-corrected chi connectivity index (χ2v) is 2.27. The van der Waals surface area contributed by atoms with Crippen molar-refractivity contribution in [3.8, 4) is 0 Å². The highest BCUT2D eigenvalue weighted by molar-refractivity contribution is 5.82. The third-order valence-corrected chi connectivity index (χ3v) is 1.22. The number of carboxylic acid groups (broad SMARTS) is 2. The van der Waals surface area contributed by atoms with E-state index >= 15 is 0 Å². The Kier molecular flexibility index (Phi) is 5.94. The molecule has 72 valence electrons. The van der Waals surface area contributed by atoms with E-state index < -0.39 is 17.7 Å². The van der Waals surface area contributed by atoms with E-state index in [-0.39, 0.29) is 0 Å². The van der Waals surface area contributed by atoms with Crippen molar-refractivity contribution in [2.75, 3.05) is 0 Å². The molecule has 0 aliphatic carbocycles. The second-order valence-electron chi connectivity index (χ2n) is 2.27. The van der Waals surface area contributed by atoms with Crippen LogP contribution >= 0.6 is 0 Å². The van der Waals surface area contributed by atoms with Gasteiger partial charge in [0.05, 0.1) is 0 Å². The summed E-state index contributed by atoms with van der Waals surface area (Å²) in [6.45, 7) is 3.10. The normalized spacial score (nSPS) is 13.6. The van der Waals surface area contributed by atoms with Gasteiger partial charge in [-0.25, -0.2) is 4.79 Å². The standard InChI is InChI=1S/C5H11NO2.CH2O3/c1-3-5(2,8)4(6)7;2-1(3)4/h8H,3H2,1-2H3,(H2,6,7);(H2,2,3,4). The van der Waals surface area contributed by atoms with Crippen molar-refractivity contribution in [2.45, 2.75) is 25.9 Å². The first-order chi connectivity index (χ1) is 5.24. The lowest BCUT2D eigenvalue weighted by Crippen LogP contribution is -2.39. The van der Waals surface area contributed by atoms with Crippen LogP contribution in [0.4, 0.5) is 4.79 Å². The van der Waals surface area contributed by atoms with Crippen molar-refractivity contribution in [1.82, 2.24) is 0 Å². The average Bonchev–Trinajstić information content (AvgIpc) is 1.86. The summed E-state index contributed by atoms with van der Waals surface area (Å²) in [5, 5.41) is 22.9. The van der Waals surface area contributed by atoms with E-state index in [1.807, 2.05) is 0 Å². The summed E-state index contributed by atoms with van der Waals surface area (Å²) in [5.74, 6) is -0.667. The van der Waals surface area contributed by atoms with Gasteiger partial charge in [-0.1, -0.05) is 6.92 Å². The summed E-state index contributed by atoms with van der Waals surface area (Å²) in [4.78, 5) is 18.8. The monoisotopic (exact) mass is 179 g/mol. The van der Waals surface area contributed by atoms with Gasteiger partial charge in [-0.2, -0.15) is 0 Å². The van der Waals surface area contributed by atoms with Gasteiger partial charge in [0.15, 0.2) is 0 Å². The van der Waals surface area contributed by atoms with Crippen LogP contribution in [0.15, 0.2) is 0 Å². The summed E-state index contributed by atoms with van der Waals surface area (Å²) in [7, 11) is 0. The van der Waals surface area contributed by atoms with Crippen LogP contribution in [0.2, 0.25) is 0 Å². The molecule has 1 atom stereocenters. The van der Waals surface area contributed by atoms with Crippen molar-refractivity contribution in [2.24, 2.45) is 5.73 Å². The second kappa shape index (κ2) is 5.36. The minimum atomic E-state index is -1.83. The third-order valence-electron chi connectivity index (χ3n) is 1.22. The van der Waals surface area contributed by atoms with Gasteiger partial charge in [0.25, 0.3) is 0 Å². The van der Waals surface area contributed by atoms with Gasteiger partial charge in [-0.3, -0.25) is 4.79 Å². The molecule has 0 heterocycles. The third kappa shape index (κ3) is 8.70. The Labute approximate surface area is 69.6 Å². The first-order valence-electron chi connectivity index (χ1n) is 3.18. The van der Waals surface area contributed by atoms with Gasteiger partial charge in [0.1, 0.15) is 5.60 Å². The van der Waals surface area contributed by atoms with Gasteiger partial charge in [-0.05, 0) is 13.3 Å². The fourth-order valence-electron chi connectivity index (χ4n) is 0.174. The molecule has 0 saturated heterocycles. The molecule has 0 bridgehead atoms. The Morgan fingerprint density at radius 1 is 1.42 bits per heavy atom. The first-order valence-corrected chi connectivity index (χ1v) is 3.18. The topological polar surface area (TPSA) is 121 Å². The molecule has 0 rings (SSSR count). The van der Waals surface area contributed by atoms with Gasteiger partial charge < -0.3 is 21.1 Å². The number of carbonyl (C=O) groups excluding carboxylic acids is 1. The average molecular weight is 179 g/mol. The number of amides is 1. The fourth-order valence-corrected chi connectivity index (χ4v) is 0.174. The van der Waals surface area contributed by atoms with E-state index in [1.54, 1.807) is 6.92 Å². The molecule has 12 heavy (non-hydrogen) atoms. The Hall–Kier alpha value is -1.30. The number of aliphatic hydroxyl groups is 1. The molecule has 0 aliphatic heterocycles. The minimum Gasteiger partial charge on any atom is -0.450 e. The van der Waals surface area contributed by atoms with E-state index in [4.69, 9.17) is 25.8 Å². The number of carbonyl (C=O) groups is 2. The molecule has 6 heteroatoms. The molecule has 1 unspecified atom stereocenters. The van der Waals surface area contributed by atoms with Gasteiger partial charge in [-0.15, -0.1) is 0 Å². The van der Waals surface area contributed by atoms with Gasteiger partial charge in [0, 0.05) is 0 Å². The zero-order valence-electron chi connectivity index (χ0n) is 6.94. The zero-order chi connectivity index (χ0) is 10.4. The highest BCUT2D eigenvalue weighted by Gasteiger charge is 2.23. The van der Waals surface area contributed by atoms with Crippen LogP contribution in [0.1, 0.15) is 20.3 Å². The molecular weight excluding hydrogens is 166 g/mol. The first kappa shape index (κ1) is 13.3. The van der Waals surface area contributed by atoms with E-state index in [2.05, 4.69) is 0 Å². The molecule has 6 nitrogen and oxygen atoms in total. The highest BCUT2D eigenvalue weighted by atomic mass is 16.6. The quantitative estimate of drug-likeness (QED) is 0.470. The van der Waals surface area contributed by atoms with Crippen LogP contribution < -0.4 is 5.73 Å². The Bertz CT molecular complexity index is 161. The molecule has 1 amide bonds. The molecule has 0 aromatic rings. The van der Waals surface area contributed by atoms with Crippen LogP contribution in [0.5, 0.6) is 0 Å². The molecule has 0 spiro atoms. The van der Waals surface area contributed by atoms with E-state index in [1.165, 1.54) is 6.92 Å². The maximum absolute atomic E-state index is 10.2. The molecular formula is C6H13NO5. The van der Waals surface area contributed by atoms with Crippen LogP contribution in [-0.2, 0) is 4.79 Å². The van der Waals surface area contributed by atoms with E-state index in [9.17, 15) is 4.79 Å². The SMILES string of the molecule is CCC(C)(O)C(N)=O.O=C(O)O. The predicted molar refractivity (Wildman–Crippen MR) is 40.8 cm³/mol. The van der Waals surface area contributed by atoms with Crippen molar-refractivity contribution < 1.29 is 24.9 Å². The molecule has 0 aromatic heterocycles. The minimum absolute atomic E-state index is 0.363. The van der Waals surface area contributed by atoms with Crippen LogP contribution in [0, 0.1) is 0 Å². The molecule has 0 aromatic carbocycles. The Balaban J connectivity index is 0. The number of rotatable bonds is 2. The lowest BCUT2D eigenvalue weighted by Gasteiger charge is -2.14. The largest absolute Gasteiger partial charge is 0.503 e. The van der Waals surface area contributed by atoms with Gasteiger partial charge >= 0.3 is 6.16 Å². The molecule has 5 N–H and O–H groups in total. The van der Waals surface area contributed by atoms with E-state index in [0.717, 1.165) is 0 Å². The summed E-state index contributed by atoms with van der Waals surface area (Å²) >= 11 is 0. The summed E-state index contributed by atoms with van der Waals surface area (Å²) < 4.78 is 0. The number of primary amides is 1. The number of nitrogens with two attached hydrogens (primary N) is 1. The number of hydrogen-bond acceptors (Lipinski definition) is 3. The van der Waals surface area contributed by atoms with Crippen molar-refractivity contribution in [1.29, 1.82) is 0 Å². The molecule has 0 aliphatic rings. The van der Waals surface area contributed by atoms with Crippen molar-refractivity contribution in [3.05, 3.63) is 0 Å². The summed E-state index contributed by atoms with van der Waals surface area (Å²) in [6, 6.07) is 0. The Morgan fingerprint density at radius 2 is 1.67 bits per heavy atom. The molecule has 0 saturated carbocycles. The highest BCUT2D eigenvalue weighted by Crippen LogP contribution is 2.05. The zero-order valence-corrected chi connectivity index (χ0v) is 6.94. The lowest BCUT2D eigenvalue weighted by atomic mass is 10.0. The summed E-state index contributed by atoms with van der Waals surface area (Å²) in [6.07, 6.45) is -1.47. The van der Waals surface area contributed by atoms with Crippen LogP contribution in [0.3, 0.4) is 0 Å². The van der Waals surface area contributed by atoms with E-state index in [0.29, 0.717) is 6.42 Å². The van der Waals surface area contributed by atoms with Gasteiger partial charge in [0.2, 0.25) is 5.91 Å². The van der Waals surface area contributed by atoms with Crippen LogP contribution in [0.25, 0.3) is 0 Å². The smallest absolute Gasteiger partial charge is 0.450 e. The maximum atomic E-state index is 10.2. The lowest BCUT2D eigenvalue weighted by molar-refractivity contribution is -0.134. The van der Waals surface area contributed by atoms with Crippen LogP contribution in [-0.4, -0.2) is 33.0 Å². The fraction of sp³-hybridized carbons (Fsp3) is 0.667. The number of hydrogen-bond donors (Lipinski definition) is 4. The van der Waals surface area contributed by atoms with Crippen molar-refractivity contribution >= 4 is 12.1 Å². The Morgan fingerprint density at radius 3 is 1.67 bits per heavy atom. The maximum Gasteiger partial charge on any atom is 0.503 e. The van der Waals surface area contributed by atoms with Crippen molar-refractivity contribution in [3.63, 3.8) is 0 Å². The molecule has 0 fully saturated rings. The summed E-state index contributed by atoms with van der Waals surface area (Å²) in [5.41, 5.74) is 3.47. The predicted octanol–water partition coefficient (Wildman–Crippen LogP) is -0.145. The molecule has 0 radical (unpaired) electrons.